The van der Waals surface area contributed by atoms with Gasteiger partial charge in [-0.2, -0.15) is 0 Å². The van der Waals surface area contributed by atoms with Crippen LogP contribution in [0.3, 0.4) is 0 Å². The Morgan fingerprint density at radius 1 is 1.16 bits per heavy atom. The summed E-state index contributed by atoms with van der Waals surface area (Å²) >= 11 is 0. The molecule has 0 spiro atoms. The van der Waals surface area contributed by atoms with Crippen molar-refractivity contribution in [3.05, 3.63) is 35.6 Å². The molecule has 106 valence electrons. The van der Waals surface area contributed by atoms with E-state index in [2.05, 4.69) is 26.1 Å². The fourth-order valence-corrected chi connectivity index (χ4v) is 2.95. The SMILES string of the molecule is CC(CC1CCC1)NC(c1ccc(F)cc1)C(C)C. The quantitative estimate of drug-likeness (QED) is 0.785. The lowest BCUT2D eigenvalue weighted by atomic mass is 9.81. The molecule has 1 aromatic rings. The summed E-state index contributed by atoms with van der Waals surface area (Å²) in [5, 5.41) is 3.73. The highest BCUT2D eigenvalue weighted by Gasteiger charge is 2.23. The molecule has 1 N–H and O–H groups in total. The van der Waals surface area contributed by atoms with E-state index < -0.39 is 0 Å². The van der Waals surface area contributed by atoms with Crippen LogP contribution < -0.4 is 5.32 Å². The van der Waals surface area contributed by atoms with Gasteiger partial charge in [-0.1, -0.05) is 45.2 Å². The van der Waals surface area contributed by atoms with Crippen LogP contribution in [0.25, 0.3) is 0 Å². The second-order valence-corrected chi connectivity index (χ2v) is 6.37. The van der Waals surface area contributed by atoms with Gasteiger partial charge in [-0.3, -0.25) is 0 Å². The van der Waals surface area contributed by atoms with Crippen LogP contribution in [-0.4, -0.2) is 6.04 Å². The number of hydrogen-bond acceptors (Lipinski definition) is 1. The highest BCUT2D eigenvalue weighted by molar-refractivity contribution is 5.20. The molecule has 2 rings (SSSR count). The van der Waals surface area contributed by atoms with Crippen molar-refractivity contribution < 1.29 is 4.39 Å². The molecule has 0 radical (unpaired) electrons. The molecule has 0 heterocycles. The standard InChI is InChI=1S/C17H26FN/c1-12(2)17(15-7-9-16(18)10-8-15)19-13(3)11-14-5-4-6-14/h7-10,12-14,17,19H,4-6,11H2,1-3H3. The van der Waals surface area contributed by atoms with E-state index in [9.17, 15) is 4.39 Å². The molecule has 1 fully saturated rings. The highest BCUT2D eigenvalue weighted by Crippen LogP contribution is 2.31. The van der Waals surface area contributed by atoms with Crippen molar-refractivity contribution in [3.8, 4) is 0 Å². The Bertz CT molecular complexity index is 381. The smallest absolute Gasteiger partial charge is 0.123 e. The van der Waals surface area contributed by atoms with Crippen molar-refractivity contribution in [3.63, 3.8) is 0 Å². The first-order valence-corrected chi connectivity index (χ1v) is 7.57. The summed E-state index contributed by atoms with van der Waals surface area (Å²) in [7, 11) is 0. The molecule has 1 aliphatic rings. The number of hydrogen-bond donors (Lipinski definition) is 1. The largest absolute Gasteiger partial charge is 0.307 e. The minimum absolute atomic E-state index is 0.159. The maximum absolute atomic E-state index is 13.0. The molecule has 0 aromatic heterocycles. The number of nitrogens with one attached hydrogen (secondary N) is 1. The molecule has 1 nitrogen and oxygen atoms in total. The second kappa shape index (κ2) is 6.51. The zero-order valence-corrected chi connectivity index (χ0v) is 12.3. The topological polar surface area (TPSA) is 12.0 Å². The van der Waals surface area contributed by atoms with Gasteiger partial charge in [0.1, 0.15) is 5.82 Å². The van der Waals surface area contributed by atoms with Crippen molar-refractivity contribution in [2.24, 2.45) is 11.8 Å². The predicted octanol–water partition coefficient (Wildman–Crippen LogP) is 4.69. The van der Waals surface area contributed by atoms with E-state index in [0.717, 1.165) is 5.92 Å². The highest BCUT2D eigenvalue weighted by atomic mass is 19.1. The molecular formula is C17H26FN. The lowest BCUT2D eigenvalue weighted by molar-refractivity contribution is 0.247. The van der Waals surface area contributed by atoms with E-state index >= 15 is 0 Å². The summed E-state index contributed by atoms with van der Waals surface area (Å²) < 4.78 is 13.0. The van der Waals surface area contributed by atoms with E-state index in [-0.39, 0.29) is 5.82 Å². The average Bonchev–Trinajstić information content (AvgIpc) is 2.32. The minimum atomic E-state index is -0.159. The van der Waals surface area contributed by atoms with Gasteiger partial charge in [-0.25, -0.2) is 4.39 Å². The van der Waals surface area contributed by atoms with Crippen LogP contribution in [0.15, 0.2) is 24.3 Å². The third kappa shape index (κ3) is 4.04. The van der Waals surface area contributed by atoms with Crippen LogP contribution in [0.5, 0.6) is 0 Å². The molecule has 0 bridgehead atoms. The Balaban J connectivity index is 1.96. The van der Waals surface area contributed by atoms with E-state index in [4.69, 9.17) is 0 Å². The van der Waals surface area contributed by atoms with Gasteiger partial charge in [-0.15, -0.1) is 0 Å². The Labute approximate surface area is 116 Å². The first-order valence-electron chi connectivity index (χ1n) is 7.57. The molecule has 0 amide bonds. The maximum Gasteiger partial charge on any atom is 0.123 e. The van der Waals surface area contributed by atoms with Crippen molar-refractivity contribution in [1.29, 1.82) is 0 Å². The molecule has 1 saturated carbocycles. The lowest BCUT2D eigenvalue weighted by Crippen LogP contribution is -2.35. The Hall–Kier alpha value is -0.890. The van der Waals surface area contributed by atoms with Crippen LogP contribution in [0.4, 0.5) is 4.39 Å². The number of rotatable bonds is 6. The molecule has 0 aliphatic heterocycles. The molecule has 2 heteroatoms. The molecule has 2 unspecified atom stereocenters. The summed E-state index contributed by atoms with van der Waals surface area (Å²) in [6.45, 7) is 6.71. The second-order valence-electron chi connectivity index (χ2n) is 6.37. The predicted molar refractivity (Wildman–Crippen MR) is 78.5 cm³/mol. The third-order valence-corrected chi connectivity index (χ3v) is 4.27. The summed E-state index contributed by atoms with van der Waals surface area (Å²) in [5.74, 6) is 1.27. The first-order chi connectivity index (χ1) is 9.06. The van der Waals surface area contributed by atoms with Crippen molar-refractivity contribution >= 4 is 0 Å². The van der Waals surface area contributed by atoms with Gasteiger partial charge in [0.25, 0.3) is 0 Å². The molecule has 19 heavy (non-hydrogen) atoms. The van der Waals surface area contributed by atoms with Gasteiger partial charge in [0, 0.05) is 12.1 Å². The molecular weight excluding hydrogens is 237 g/mol. The molecule has 0 saturated heterocycles. The van der Waals surface area contributed by atoms with Crippen molar-refractivity contribution in [2.45, 2.75) is 58.5 Å². The Morgan fingerprint density at radius 3 is 2.26 bits per heavy atom. The van der Waals surface area contributed by atoms with Gasteiger partial charge in [0.05, 0.1) is 0 Å². The summed E-state index contributed by atoms with van der Waals surface area (Å²) in [6, 6.07) is 7.77. The minimum Gasteiger partial charge on any atom is -0.307 e. The van der Waals surface area contributed by atoms with Gasteiger partial charge in [0.15, 0.2) is 0 Å². The van der Waals surface area contributed by atoms with Gasteiger partial charge >= 0.3 is 0 Å². The Morgan fingerprint density at radius 2 is 1.79 bits per heavy atom. The van der Waals surface area contributed by atoms with Crippen molar-refractivity contribution in [2.75, 3.05) is 0 Å². The maximum atomic E-state index is 13.0. The van der Waals surface area contributed by atoms with Crippen LogP contribution in [0.2, 0.25) is 0 Å². The zero-order chi connectivity index (χ0) is 13.8. The van der Waals surface area contributed by atoms with Crippen molar-refractivity contribution in [1.82, 2.24) is 5.32 Å². The average molecular weight is 263 g/mol. The monoisotopic (exact) mass is 263 g/mol. The number of halogens is 1. The molecule has 2 atom stereocenters. The van der Waals surface area contributed by atoms with Gasteiger partial charge in [0.2, 0.25) is 0 Å². The fourth-order valence-electron chi connectivity index (χ4n) is 2.95. The molecule has 1 aliphatic carbocycles. The number of benzene rings is 1. The van der Waals surface area contributed by atoms with Gasteiger partial charge in [-0.05, 0) is 42.9 Å². The van der Waals surface area contributed by atoms with Crippen LogP contribution in [0.1, 0.15) is 58.1 Å². The van der Waals surface area contributed by atoms with Crippen LogP contribution >= 0.6 is 0 Å². The normalized spacial score (nSPS) is 19.2. The lowest BCUT2D eigenvalue weighted by Gasteiger charge is -2.32. The summed E-state index contributed by atoms with van der Waals surface area (Å²) in [5.41, 5.74) is 1.19. The summed E-state index contributed by atoms with van der Waals surface area (Å²) in [4.78, 5) is 0. The van der Waals surface area contributed by atoms with E-state index in [1.165, 1.54) is 31.2 Å². The first kappa shape index (κ1) is 14.5. The van der Waals surface area contributed by atoms with E-state index in [1.807, 2.05) is 12.1 Å². The fraction of sp³-hybridized carbons (Fsp3) is 0.647. The van der Waals surface area contributed by atoms with Gasteiger partial charge < -0.3 is 5.32 Å². The zero-order valence-electron chi connectivity index (χ0n) is 12.3. The van der Waals surface area contributed by atoms with E-state index in [1.54, 1.807) is 12.1 Å². The van der Waals surface area contributed by atoms with Crippen LogP contribution in [0, 0.1) is 17.7 Å². The van der Waals surface area contributed by atoms with Crippen LogP contribution in [-0.2, 0) is 0 Å². The molecule has 1 aromatic carbocycles. The Kier molecular flexibility index (Phi) is 4.98. The summed E-state index contributed by atoms with van der Waals surface area (Å²) in [6.07, 6.45) is 5.47. The van der Waals surface area contributed by atoms with E-state index in [0.29, 0.717) is 18.0 Å². The third-order valence-electron chi connectivity index (χ3n) is 4.27.